The van der Waals surface area contributed by atoms with Crippen molar-refractivity contribution in [3.05, 3.63) is 72.8 Å². The van der Waals surface area contributed by atoms with Crippen LogP contribution < -0.4 is 10.1 Å². The van der Waals surface area contributed by atoms with Crippen LogP contribution in [-0.4, -0.2) is 17.1 Å². The smallest absolute Gasteiger partial charge is 0.456 e. The van der Waals surface area contributed by atoms with Crippen LogP contribution in [0.25, 0.3) is 21.8 Å². The van der Waals surface area contributed by atoms with Crippen LogP contribution in [0, 0.1) is 0 Å². The molecule has 140 valence electrons. The number of hydrogen-bond donors (Lipinski definition) is 1. The van der Waals surface area contributed by atoms with Gasteiger partial charge in [0.15, 0.2) is 0 Å². The van der Waals surface area contributed by atoms with E-state index in [9.17, 15) is 18.0 Å². The summed E-state index contributed by atoms with van der Waals surface area (Å²) >= 11 is 0. The number of para-hydroxylation sites is 2. The SMILES string of the molecule is O=C(Nc1cccc2nc3ccccc3c(Oc3ccccc3)c12)C(F)(F)F. The van der Waals surface area contributed by atoms with Gasteiger partial charge in [0.2, 0.25) is 0 Å². The number of carbonyl (C=O) groups excluding carboxylic acids is 1. The molecular formula is C21H13F3N2O2. The highest BCUT2D eigenvalue weighted by molar-refractivity contribution is 6.10. The van der Waals surface area contributed by atoms with E-state index in [-0.39, 0.29) is 5.69 Å². The number of rotatable bonds is 3. The summed E-state index contributed by atoms with van der Waals surface area (Å²) in [6.45, 7) is 0. The van der Waals surface area contributed by atoms with Crippen LogP contribution in [0.15, 0.2) is 72.8 Å². The maximum absolute atomic E-state index is 12.8. The average Bonchev–Trinajstić information content (AvgIpc) is 2.68. The highest BCUT2D eigenvalue weighted by Crippen LogP contribution is 2.40. The molecule has 0 unspecified atom stereocenters. The lowest BCUT2D eigenvalue weighted by atomic mass is 10.1. The van der Waals surface area contributed by atoms with Crippen molar-refractivity contribution in [3.63, 3.8) is 0 Å². The lowest BCUT2D eigenvalue weighted by Gasteiger charge is -2.16. The third-order valence-corrected chi connectivity index (χ3v) is 4.13. The van der Waals surface area contributed by atoms with Crippen LogP contribution >= 0.6 is 0 Å². The van der Waals surface area contributed by atoms with E-state index in [2.05, 4.69) is 4.98 Å². The summed E-state index contributed by atoms with van der Waals surface area (Å²) in [6.07, 6.45) is -5.01. The Morgan fingerprint density at radius 3 is 2.29 bits per heavy atom. The number of carbonyl (C=O) groups is 1. The van der Waals surface area contributed by atoms with Gasteiger partial charge in [-0.05, 0) is 36.4 Å². The Kier molecular flexibility index (Phi) is 4.35. The molecule has 4 aromatic rings. The Morgan fingerprint density at radius 1 is 0.857 bits per heavy atom. The number of halogens is 3. The molecule has 1 N–H and O–H groups in total. The third-order valence-electron chi connectivity index (χ3n) is 4.13. The first-order chi connectivity index (χ1) is 13.4. The zero-order chi connectivity index (χ0) is 19.7. The number of anilines is 1. The number of nitrogens with zero attached hydrogens (tertiary/aromatic N) is 1. The number of benzene rings is 3. The zero-order valence-electron chi connectivity index (χ0n) is 14.3. The van der Waals surface area contributed by atoms with Gasteiger partial charge >= 0.3 is 12.1 Å². The van der Waals surface area contributed by atoms with E-state index in [0.717, 1.165) is 0 Å². The summed E-state index contributed by atoms with van der Waals surface area (Å²) in [6, 6.07) is 20.6. The van der Waals surface area contributed by atoms with Gasteiger partial charge in [-0.3, -0.25) is 4.79 Å². The predicted octanol–water partition coefficient (Wildman–Crippen LogP) is 5.68. The number of fused-ring (bicyclic) bond motifs is 2. The molecule has 0 atom stereocenters. The minimum atomic E-state index is -5.01. The molecule has 1 amide bonds. The zero-order valence-corrected chi connectivity index (χ0v) is 14.3. The van der Waals surface area contributed by atoms with E-state index in [1.807, 2.05) is 17.4 Å². The average molecular weight is 382 g/mol. The second-order valence-electron chi connectivity index (χ2n) is 6.02. The van der Waals surface area contributed by atoms with Crippen LogP contribution in [0.4, 0.5) is 18.9 Å². The van der Waals surface area contributed by atoms with Crippen LogP contribution in [0.5, 0.6) is 11.5 Å². The molecule has 1 aromatic heterocycles. The lowest BCUT2D eigenvalue weighted by molar-refractivity contribution is -0.167. The molecule has 7 heteroatoms. The van der Waals surface area contributed by atoms with Crippen LogP contribution in [0.1, 0.15) is 0 Å². The molecule has 0 fully saturated rings. The monoisotopic (exact) mass is 382 g/mol. The number of amides is 1. The number of nitrogens with one attached hydrogen (secondary N) is 1. The Labute approximate surface area is 157 Å². The van der Waals surface area contributed by atoms with Gasteiger partial charge in [0.25, 0.3) is 0 Å². The second-order valence-corrected chi connectivity index (χ2v) is 6.02. The van der Waals surface area contributed by atoms with Crippen molar-refractivity contribution < 1.29 is 22.7 Å². The molecule has 0 aliphatic heterocycles. The molecule has 0 aliphatic carbocycles. The number of hydrogen-bond acceptors (Lipinski definition) is 3. The van der Waals surface area contributed by atoms with Crippen molar-refractivity contribution in [3.8, 4) is 11.5 Å². The third kappa shape index (κ3) is 3.34. The van der Waals surface area contributed by atoms with Gasteiger partial charge in [0.05, 0.1) is 22.1 Å². The number of pyridine rings is 1. The minimum absolute atomic E-state index is 0.0241. The minimum Gasteiger partial charge on any atom is -0.456 e. The van der Waals surface area contributed by atoms with E-state index in [1.165, 1.54) is 12.1 Å². The summed E-state index contributed by atoms with van der Waals surface area (Å²) in [7, 11) is 0. The molecule has 0 saturated heterocycles. The summed E-state index contributed by atoms with van der Waals surface area (Å²) in [5.41, 5.74) is 1.01. The second kappa shape index (κ2) is 6.84. The highest BCUT2D eigenvalue weighted by Gasteiger charge is 2.39. The molecular weight excluding hydrogens is 369 g/mol. The van der Waals surface area contributed by atoms with Crippen molar-refractivity contribution >= 4 is 33.4 Å². The van der Waals surface area contributed by atoms with Crippen LogP contribution in [0.3, 0.4) is 0 Å². The van der Waals surface area contributed by atoms with Crippen LogP contribution in [-0.2, 0) is 4.79 Å². The van der Waals surface area contributed by atoms with Crippen molar-refractivity contribution in [1.29, 1.82) is 0 Å². The summed E-state index contributed by atoms with van der Waals surface area (Å²) in [5, 5.41) is 2.84. The molecule has 4 nitrogen and oxygen atoms in total. The van der Waals surface area contributed by atoms with Crippen molar-refractivity contribution in [2.24, 2.45) is 0 Å². The normalized spacial score (nSPS) is 11.5. The molecule has 1 heterocycles. The molecule has 0 spiro atoms. The first-order valence-electron chi connectivity index (χ1n) is 8.36. The van der Waals surface area contributed by atoms with Gasteiger partial charge in [-0.2, -0.15) is 13.2 Å². The molecule has 0 saturated carbocycles. The maximum Gasteiger partial charge on any atom is 0.471 e. The summed E-state index contributed by atoms with van der Waals surface area (Å²) < 4.78 is 44.4. The van der Waals surface area contributed by atoms with E-state index >= 15 is 0 Å². The molecule has 0 radical (unpaired) electrons. The van der Waals surface area contributed by atoms with E-state index in [4.69, 9.17) is 4.74 Å². The van der Waals surface area contributed by atoms with E-state index < -0.39 is 12.1 Å². The van der Waals surface area contributed by atoms with E-state index in [0.29, 0.717) is 33.3 Å². The Morgan fingerprint density at radius 2 is 1.54 bits per heavy atom. The van der Waals surface area contributed by atoms with Gasteiger partial charge in [-0.1, -0.05) is 36.4 Å². The molecule has 0 aliphatic rings. The molecule has 28 heavy (non-hydrogen) atoms. The van der Waals surface area contributed by atoms with Crippen molar-refractivity contribution in [2.75, 3.05) is 5.32 Å². The summed E-state index contributed by atoms with van der Waals surface area (Å²) in [5.74, 6) is -1.22. The fourth-order valence-corrected chi connectivity index (χ4v) is 2.91. The standard InChI is InChI=1S/C21H13F3N2O2/c22-21(23,24)20(27)26-17-12-6-11-16-18(17)19(28-13-7-2-1-3-8-13)14-9-4-5-10-15(14)25-16/h1-12H,(H,26,27). The fourth-order valence-electron chi connectivity index (χ4n) is 2.91. The molecule has 0 bridgehead atoms. The Bertz CT molecular complexity index is 1170. The number of alkyl halides is 3. The Balaban J connectivity index is 1.97. The quantitative estimate of drug-likeness (QED) is 0.464. The molecule has 4 rings (SSSR count). The first kappa shape index (κ1) is 17.8. The number of ether oxygens (including phenoxy) is 1. The van der Waals surface area contributed by atoms with Gasteiger partial charge in [-0.15, -0.1) is 0 Å². The van der Waals surface area contributed by atoms with Crippen molar-refractivity contribution in [1.82, 2.24) is 4.98 Å². The highest BCUT2D eigenvalue weighted by atomic mass is 19.4. The summed E-state index contributed by atoms with van der Waals surface area (Å²) in [4.78, 5) is 16.0. The lowest BCUT2D eigenvalue weighted by Crippen LogP contribution is -2.30. The van der Waals surface area contributed by atoms with Gasteiger partial charge in [0, 0.05) is 5.39 Å². The number of aromatic nitrogens is 1. The largest absolute Gasteiger partial charge is 0.471 e. The predicted molar refractivity (Wildman–Crippen MR) is 100 cm³/mol. The first-order valence-corrected chi connectivity index (χ1v) is 8.36. The molecule has 3 aromatic carbocycles. The van der Waals surface area contributed by atoms with Crippen LogP contribution in [0.2, 0.25) is 0 Å². The maximum atomic E-state index is 12.8. The topological polar surface area (TPSA) is 51.2 Å². The Hall–Kier alpha value is -3.61. The van der Waals surface area contributed by atoms with E-state index in [1.54, 1.807) is 48.5 Å². The van der Waals surface area contributed by atoms with Gasteiger partial charge < -0.3 is 10.1 Å². The van der Waals surface area contributed by atoms with Gasteiger partial charge in [-0.25, -0.2) is 4.98 Å². The van der Waals surface area contributed by atoms with Crippen molar-refractivity contribution in [2.45, 2.75) is 6.18 Å². The van der Waals surface area contributed by atoms with Gasteiger partial charge in [0.1, 0.15) is 11.5 Å². The fraction of sp³-hybridized carbons (Fsp3) is 0.0476.